The van der Waals surface area contributed by atoms with E-state index in [1.54, 1.807) is 0 Å². The topological polar surface area (TPSA) is 88.3 Å². The van der Waals surface area contributed by atoms with Gasteiger partial charge in [0.25, 0.3) is 5.91 Å². The summed E-state index contributed by atoms with van der Waals surface area (Å²) in [4.78, 5) is 26.5. The van der Waals surface area contributed by atoms with Crippen LogP contribution in [0.1, 0.15) is 29.8 Å². The number of aromatic nitrogens is 3. The third-order valence-corrected chi connectivity index (χ3v) is 3.75. The molecule has 22 heavy (non-hydrogen) atoms. The lowest BCUT2D eigenvalue weighted by Gasteiger charge is -2.32. The number of hydrogen-bond acceptors (Lipinski definition) is 4. The van der Waals surface area contributed by atoms with Gasteiger partial charge in [-0.05, 0) is 31.4 Å². The van der Waals surface area contributed by atoms with Crippen molar-refractivity contribution >= 4 is 11.9 Å². The smallest absolute Gasteiger partial charge is 0.326 e. The maximum absolute atomic E-state index is 12.5. The minimum absolute atomic E-state index is 0.164. The molecule has 0 spiro atoms. The first-order valence-corrected chi connectivity index (χ1v) is 7.18. The molecule has 1 N–H and O–H groups in total. The highest BCUT2D eigenvalue weighted by Gasteiger charge is 2.33. The minimum Gasteiger partial charge on any atom is -0.480 e. The van der Waals surface area contributed by atoms with E-state index in [-0.39, 0.29) is 11.6 Å². The van der Waals surface area contributed by atoms with Crippen LogP contribution in [0.15, 0.2) is 36.5 Å². The summed E-state index contributed by atoms with van der Waals surface area (Å²) in [6, 6.07) is 8.47. The zero-order valence-corrected chi connectivity index (χ0v) is 11.9. The molecule has 2 aromatic rings. The van der Waals surface area contributed by atoms with Crippen LogP contribution in [-0.4, -0.2) is 49.5 Å². The van der Waals surface area contributed by atoms with Gasteiger partial charge >= 0.3 is 5.97 Å². The Hall–Kier alpha value is -2.70. The summed E-state index contributed by atoms with van der Waals surface area (Å²) in [5.74, 6) is -1.35. The van der Waals surface area contributed by atoms with Crippen LogP contribution in [-0.2, 0) is 4.79 Å². The number of carboxylic acid groups (broad SMARTS) is 1. The number of carboxylic acids is 1. The number of amides is 1. The van der Waals surface area contributed by atoms with Crippen molar-refractivity contribution in [1.29, 1.82) is 0 Å². The summed E-state index contributed by atoms with van der Waals surface area (Å²) in [5.41, 5.74) is 0.909. The number of nitrogens with zero attached hydrogens (tertiary/aromatic N) is 4. The molecule has 3 rings (SSSR count). The summed E-state index contributed by atoms with van der Waals surface area (Å²) in [6.07, 6.45) is 3.48. The van der Waals surface area contributed by atoms with Crippen LogP contribution >= 0.6 is 0 Å². The molecule has 0 bridgehead atoms. The number of carbonyl (C=O) groups is 2. The molecule has 1 amide bonds. The fourth-order valence-corrected chi connectivity index (χ4v) is 2.63. The number of carbonyl (C=O) groups excluding carboxylic acids is 1. The van der Waals surface area contributed by atoms with Gasteiger partial charge in [0.1, 0.15) is 6.04 Å². The third kappa shape index (κ3) is 2.69. The average molecular weight is 300 g/mol. The zero-order valence-electron chi connectivity index (χ0n) is 11.9. The Morgan fingerprint density at radius 1 is 1.18 bits per heavy atom. The molecule has 7 heteroatoms. The number of benzene rings is 1. The summed E-state index contributed by atoms with van der Waals surface area (Å²) in [7, 11) is 0. The van der Waals surface area contributed by atoms with Gasteiger partial charge in [0.05, 0.1) is 11.9 Å². The van der Waals surface area contributed by atoms with Crippen molar-refractivity contribution in [3.8, 4) is 5.69 Å². The third-order valence-electron chi connectivity index (χ3n) is 3.75. The second-order valence-electron chi connectivity index (χ2n) is 5.20. The molecule has 0 radical (unpaired) electrons. The van der Waals surface area contributed by atoms with Crippen LogP contribution in [0.4, 0.5) is 0 Å². The highest BCUT2D eigenvalue weighted by atomic mass is 16.4. The van der Waals surface area contributed by atoms with Crippen LogP contribution in [0, 0.1) is 0 Å². The Morgan fingerprint density at radius 3 is 2.68 bits per heavy atom. The fourth-order valence-electron chi connectivity index (χ4n) is 2.63. The molecule has 114 valence electrons. The molecule has 1 unspecified atom stereocenters. The van der Waals surface area contributed by atoms with Gasteiger partial charge < -0.3 is 10.0 Å². The van der Waals surface area contributed by atoms with Crippen molar-refractivity contribution in [3.63, 3.8) is 0 Å². The highest BCUT2D eigenvalue weighted by molar-refractivity contribution is 5.94. The molecule has 2 heterocycles. The van der Waals surface area contributed by atoms with Gasteiger partial charge in [0, 0.05) is 6.54 Å². The summed E-state index contributed by atoms with van der Waals surface area (Å²) >= 11 is 0. The van der Waals surface area contributed by atoms with Crippen molar-refractivity contribution < 1.29 is 14.7 Å². The van der Waals surface area contributed by atoms with Crippen LogP contribution in [0.5, 0.6) is 0 Å². The van der Waals surface area contributed by atoms with E-state index >= 15 is 0 Å². The predicted molar refractivity (Wildman–Crippen MR) is 77.7 cm³/mol. The van der Waals surface area contributed by atoms with E-state index in [1.807, 2.05) is 30.3 Å². The number of aliphatic carboxylic acids is 1. The minimum atomic E-state index is -0.969. The van der Waals surface area contributed by atoms with Crippen LogP contribution < -0.4 is 0 Å². The Kier molecular flexibility index (Phi) is 3.86. The molecule has 1 aromatic heterocycles. The van der Waals surface area contributed by atoms with Gasteiger partial charge in [-0.25, -0.2) is 4.79 Å². The van der Waals surface area contributed by atoms with Crippen molar-refractivity contribution in [2.75, 3.05) is 6.54 Å². The van der Waals surface area contributed by atoms with Crippen molar-refractivity contribution in [2.24, 2.45) is 0 Å². The molecule has 1 saturated heterocycles. The standard InChI is InChI=1S/C15H16N4O3/c20-14(18-9-5-4-8-13(18)15(21)22)12-10-16-19(17-12)11-6-2-1-3-7-11/h1-3,6-7,10,13H,4-5,8-9H2,(H,21,22). The molecule has 1 fully saturated rings. The predicted octanol–water partition coefficient (Wildman–Crippen LogP) is 1.35. The summed E-state index contributed by atoms with van der Waals surface area (Å²) in [5, 5.41) is 17.5. The first-order valence-electron chi connectivity index (χ1n) is 7.18. The van der Waals surface area contributed by atoms with E-state index in [1.165, 1.54) is 15.9 Å². The fraction of sp³-hybridized carbons (Fsp3) is 0.333. The van der Waals surface area contributed by atoms with Crippen molar-refractivity contribution in [3.05, 3.63) is 42.2 Å². The molecule has 1 aromatic carbocycles. The Balaban J connectivity index is 1.83. The lowest BCUT2D eigenvalue weighted by atomic mass is 10.0. The first kappa shape index (κ1) is 14.2. The molecule has 1 atom stereocenters. The van der Waals surface area contributed by atoms with Gasteiger partial charge in [-0.2, -0.15) is 9.90 Å². The normalized spacial score (nSPS) is 18.2. The maximum Gasteiger partial charge on any atom is 0.326 e. The average Bonchev–Trinajstić information content (AvgIpc) is 3.05. The molecular weight excluding hydrogens is 284 g/mol. The van der Waals surface area contributed by atoms with Gasteiger partial charge in [0.15, 0.2) is 5.69 Å². The number of likely N-dealkylation sites (tertiary alicyclic amines) is 1. The van der Waals surface area contributed by atoms with Crippen LogP contribution in [0.3, 0.4) is 0 Å². The van der Waals surface area contributed by atoms with E-state index in [4.69, 9.17) is 0 Å². The van der Waals surface area contributed by atoms with E-state index in [2.05, 4.69) is 10.2 Å². The van der Waals surface area contributed by atoms with Crippen LogP contribution in [0.25, 0.3) is 5.69 Å². The van der Waals surface area contributed by atoms with Gasteiger partial charge in [-0.1, -0.05) is 18.2 Å². The van der Waals surface area contributed by atoms with Gasteiger partial charge in [-0.3, -0.25) is 4.79 Å². The molecule has 0 saturated carbocycles. The number of piperidine rings is 1. The van der Waals surface area contributed by atoms with E-state index in [0.29, 0.717) is 13.0 Å². The maximum atomic E-state index is 12.5. The molecule has 0 aliphatic carbocycles. The number of para-hydroxylation sites is 1. The molecule has 7 nitrogen and oxygen atoms in total. The van der Waals surface area contributed by atoms with Gasteiger partial charge in [-0.15, -0.1) is 5.10 Å². The monoisotopic (exact) mass is 300 g/mol. The molecule has 1 aliphatic rings. The van der Waals surface area contributed by atoms with E-state index in [0.717, 1.165) is 18.5 Å². The second kappa shape index (κ2) is 5.97. The Bertz CT molecular complexity index is 683. The quantitative estimate of drug-likeness (QED) is 0.924. The SMILES string of the molecule is O=C(O)C1CCCCN1C(=O)c1cnn(-c2ccccc2)n1. The van der Waals surface area contributed by atoms with E-state index in [9.17, 15) is 14.7 Å². The zero-order chi connectivity index (χ0) is 15.5. The number of rotatable bonds is 3. The lowest BCUT2D eigenvalue weighted by Crippen LogP contribution is -2.48. The molecule has 1 aliphatic heterocycles. The number of hydrogen-bond donors (Lipinski definition) is 1. The first-order chi connectivity index (χ1) is 10.7. The van der Waals surface area contributed by atoms with E-state index < -0.39 is 12.0 Å². The Labute approximate surface area is 127 Å². The summed E-state index contributed by atoms with van der Waals surface area (Å²) in [6.45, 7) is 0.438. The molecular formula is C15H16N4O3. The van der Waals surface area contributed by atoms with Gasteiger partial charge in [0.2, 0.25) is 0 Å². The van der Waals surface area contributed by atoms with Crippen molar-refractivity contribution in [1.82, 2.24) is 19.9 Å². The van der Waals surface area contributed by atoms with Crippen molar-refractivity contribution in [2.45, 2.75) is 25.3 Å². The second-order valence-corrected chi connectivity index (χ2v) is 5.20. The highest BCUT2D eigenvalue weighted by Crippen LogP contribution is 2.19. The Morgan fingerprint density at radius 2 is 1.95 bits per heavy atom. The summed E-state index contributed by atoms with van der Waals surface area (Å²) < 4.78 is 0. The largest absolute Gasteiger partial charge is 0.480 e. The van der Waals surface area contributed by atoms with Crippen LogP contribution in [0.2, 0.25) is 0 Å². The lowest BCUT2D eigenvalue weighted by molar-refractivity contribution is -0.143.